The highest BCUT2D eigenvalue weighted by molar-refractivity contribution is 5.72. The number of benzene rings is 2. The zero-order chi connectivity index (χ0) is 25.4. The molecule has 1 aliphatic rings. The van der Waals surface area contributed by atoms with Crippen LogP contribution in [0.4, 0.5) is 5.95 Å². The van der Waals surface area contributed by atoms with Gasteiger partial charge in [0.15, 0.2) is 17.4 Å². The number of H-pyrrole nitrogens is 1. The summed E-state index contributed by atoms with van der Waals surface area (Å²) in [6.07, 6.45) is -5.47. The maximum atomic E-state index is 13.4. The molecule has 0 spiro atoms. The quantitative estimate of drug-likeness (QED) is 0.230. The maximum absolute atomic E-state index is 13.4. The van der Waals surface area contributed by atoms with E-state index in [1.165, 1.54) is 4.57 Å². The zero-order valence-electron chi connectivity index (χ0n) is 19.0. The third-order valence-electron chi connectivity index (χ3n) is 6.11. The molecule has 6 N–H and O–H groups in total. The number of rotatable bonds is 7. The molecule has 0 amide bonds. The summed E-state index contributed by atoms with van der Waals surface area (Å²) in [5, 5.41) is 30.1. The minimum atomic E-state index is -1.54. The molecule has 1 fully saturated rings. The average Bonchev–Trinajstić information content (AvgIpc) is 3.31. The number of fused-ring (bicyclic) bond motifs is 1. The highest BCUT2D eigenvalue weighted by Gasteiger charge is 2.45. The Morgan fingerprint density at radius 1 is 1.03 bits per heavy atom. The third-order valence-corrected chi connectivity index (χ3v) is 6.11. The fourth-order valence-electron chi connectivity index (χ4n) is 4.28. The van der Waals surface area contributed by atoms with Gasteiger partial charge in [-0.05, 0) is 23.3 Å². The molecule has 1 saturated heterocycles. The first kappa shape index (κ1) is 23.8. The predicted molar refractivity (Wildman–Crippen MR) is 128 cm³/mol. The van der Waals surface area contributed by atoms with Gasteiger partial charge in [-0.15, -0.1) is 0 Å². The number of hydrogen-bond donors (Lipinski definition) is 5. The number of anilines is 1. The second-order valence-electron chi connectivity index (χ2n) is 8.51. The molecule has 0 radical (unpaired) electrons. The molecule has 0 saturated carbocycles. The number of nitrogens with zero attached hydrogens (tertiary/aromatic N) is 3. The molecule has 12 nitrogen and oxygen atoms in total. The van der Waals surface area contributed by atoms with Gasteiger partial charge in [0.05, 0.1) is 13.2 Å². The molecule has 36 heavy (non-hydrogen) atoms. The van der Waals surface area contributed by atoms with Gasteiger partial charge in [-0.3, -0.25) is 14.3 Å². The van der Waals surface area contributed by atoms with Gasteiger partial charge in [-0.25, -0.2) is 9.36 Å². The van der Waals surface area contributed by atoms with E-state index in [1.807, 2.05) is 30.3 Å². The summed E-state index contributed by atoms with van der Waals surface area (Å²) in [4.78, 5) is 32.7. The molecule has 3 heterocycles. The Bertz CT molecular complexity index is 1480. The zero-order valence-corrected chi connectivity index (χ0v) is 19.0. The molecule has 2 unspecified atom stereocenters. The van der Waals surface area contributed by atoms with Crippen molar-refractivity contribution in [1.82, 2.24) is 19.1 Å². The second-order valence-corrected chi connectivity index (χ2v) is 8.51. The topological polar surface area (TPSA) is 178 Å². The smallest absolute Gasteiger partial charge is 0.333 e. The molecular formula is C24H25N5O7. The summed E-state index contributed by atoms with van der Waals surface area (Å²) in [5.41, 5.74) is 5.89. The number of nitrogens with one attached hydrogen (secondary N) is 1. The van der Waals surface area contributed by atoms with Crippen molar-refractivity contribution < 1.29 is 24.8 Å². The van der Waals surface area contributed by atoms with E-state index in [1.54, 1.807) is 24.3 Å². The number of aliphatic hydroxyl groups excluding tert-OH is 3. The molecule has 4 atom stereocenters. The summed E-state index contributed by atoms with van der Waals surface area (Å²) < 4.78 is 13.5. The van der Waals surface area contributed by atoms with E-state index in [2.05, 4.69) is 9.97 Å². The monoisotopic (exact) mass is 495 g/mol. The van der Waals surface area contributed by atoms with Crippen LogP contribution < -0.4 is 21.7 Å². The Kier molecular flexibility index (Phi) is 6.33. The number of ether oxygens (including phenoxy) is 2. The summed E-state index contributed by atoms with van der Waals surface area (Å²) in [7, 11) is 0. The van der Waals surface area contributed by atoms with Gasteiger partial charge in [0, 0.05) is 0 Å². The normalized spacial score (nSPS) is 21.8. The van der Waals surface area contributed by atoms with Crippen molar-refractivity contribution in [3.8, 4) is 5.75 Å². The predicted octanol–water partition coefficient (Wildman–Crippen LogP) is -0.293. The highest BCUT2D eigenvalue weighted by atomic mass is 16.6. The first-order valence-corrected chi connectivity index (χ1v) is 11.3. The molecule has 4 aromatic rings. The van der Waals surface area contributed by atoms with Gasteiger partial charge in [0.2, 0.25) is 5.95 Å². The van der Waals surface area contributed by atoms with Crippen LogP contribution in [0.2, 0.25) is 0 Å². The Morgan fingerprint density at radius 3 is 2.42 bits per heavy atom. The van der Waals surface area contributed by atoms with Crippen molar-refractivity contribution in [2.24, 2.45) is 0 Å². The van der Waals surface area contributed by atoms with Crippen LogP contribution in [0, 0.1) is 0 Å². The Balaban J connectivity index is 1.47. The van der Waals surface area contributed by atoms with Gasteiger partial charge < -0.3 is 30.5 Å². The largest absolute Gasteiger partial charge is 0.489 e. The Hall–Kier alpha value is -3.97. The molecule has 188 valence electrons. The van der Waals surface area contributed by atoms with E-state index in [4.69, 9.17) is 15.2 Å². The van der Waals surface area contributed by atoms with Gasteiger partial charge in [-0.2, -0.15) is 4.98 Å². The van der Waals surface area contributed by atoms with E-state index in [-0.39, 0.29) is 23.7 Å². The average molecular weight is 495 g/mol. The molecule has 12 heteroatoms. The molecule has 0 aliphatic carbocycles. The number of nitrogen functional groups attached to an aromatic ring is 1. The van der Waals surface area contributed by atoms with Crippen molar-refractivity contribution in [1.29, 1.82) is 0 Å². The molecule has 5 rings (SSSR count). The lowest BCUT2D eigenvalue weighted by Crippen LogP contribution is -2.36. The van der Waals surface area contributed by atoms with E-state index in [9.17, 15) is 24.9 Å². The van der Waals surface area contributed by atoms with Crippen molar-refractivity contribution in [3.05, 3.63) is 86.6 Å². The summed E-state index contributed by atoms with van der Waals surface area (Å²) in [6, 6.07) is 16.8. The SMILES string of the molecule is Nc1nc2c(c(=O)[nH]1)n(Cc1ccc(OCc3ccccc3)cc1)c(=O)n2C1OC(CO)[C@@H](O)[C@H]1O. The molecule has 0 bridgehead atoms. The van der Waals surface area contributed by atoms with E-state index in [0.717, 1.165) is 10.1 Å². The Labute approximate surface area is 203 Å². The number of aromatic nitrogens is 4. The second kappa shape index (κ2) is 9.59. The van der Waals surface area contributed by atoms with Crippen LogP contribution >= 0.6 is 0 Å². The minimum Gasteiger partial charge on any atom is -0.489 e. The number of aliphatic hydroxyl groups is 3. The van der Waals surface area contributed by atoms with Gasteiger partial charge >= 0.3 is 5.69 Å². The molecule has 2 aromatic heterocycles. The number of hydrogen-bond acceptors (Lipinski definition) is 9. The standard InChI is InChI=1S/C24H25N5O7/c25-23-26-20-17(21(33)27-23)28(24(34)29(20)22-19(32)18(31)16(11-30)36-22)10-13-6-8-15(9-7-13)35-12-14-4-2-1-3-5-14/h1-9,16,18-19,22,30-32H,10-12H2,(H3,25,26,27,33)/t16?,18-,19-,22?/m1/s1. The van der Waals surface area contributed by atoms with Crippen LogP contribution in [0.15, 0.2) is 64.2 Å². The Morgan fingerprint density at radius 2 is 1.75 bits per heavy atom. The van der Waals surface area contributed by atoms with E-state index < -0.39 is 42.4 Å². The van der Waals surface area contributed by atoms with Crippen LogP contribution in [-0.4, -0.2) is 59.3 Å². The summed E-state index contributed by atoms with van der Waals surface area (Å²) in [6.45, 7) is -0.165. The van der Waals surface area contributed by atoms with Crippen molar-refractivity contribution in [3.63, 3.8) is 0 Å². The van der Waals surface area contributed by atoms with Crippen LogP contribution in [0.3, 0.4) is 0 Å². The van der Waals surface area contributed by atoms with Crippen LogP contribution in [0.25, 0.3) is 11.2 Å². The van der Waals surface area contributed by atoms with Crippen LogP contribution in [-0.2, 0) is 17.9 Å². The van der Waals surface area contributed by atoms with Crippen molar-refractivity contribution in [2.45, 2.75) is 37.7 Å². The molecule has 1 aliphatic heterocycles. The first-order chi connectivity index (χ1) is 17.4. The maximum Gasteiger partial charge on any atom is 0.333 e. The van der Waals surface area contributed by atoms with Crippen LogP contribution in [0.5, 0.6) is 5.75 Å². The van der Waals surface area contributed by atoms with Gasteiger partial charge in [0.25, 0.3) is 5.56 Å². The van der Waals surface area contributed by atoms with E-state index >= 15 is 0 Å². The lowest BCUT2D eigenvalue weighted by Gasteiger charge is -2.15. The van der Waals surface area contributed by atoms with Crippen molar-refractivity contribution >= 4 is 17.1 Å². The first-order valence-electron chi connectivity index (χ1n) is 11.3. The van der Waals surface area contributed by atoms with Gasteiger partial charge in [-0.1, -0.05) is 42.5 Å². The molecule has 2 aromatic carbocycles. The number of nitrogens with two attached hydrogens (primary N) is 1. The fourth-order valence-corrected chi connectivity index (χ4v) is 4.28. The lowest BCUT2D eigenvalue weighted by molar-refractivity contribution is -0.0527. The van der Waals surface area contributed by atoms with Crippen molar-refractivity contribution in [2.75, 3.05) is 12.3 Å². The summed E-state index contributed by atoms with van der Waals surface area (Å²) >= 11 is 0. The lowest BCUT2D eigenvalue weighted by atomic mass is 10.1. The van der Waals surface area contributed by atoms with Gasteiger partial charge in [0.1, 0.15) is 30.7 Å². The number of imidazole rings is 1. The van der Waals surface area contributed by atoms with Crippen LogP contribution in [0.1, 0.15) is 17.4 Å². The fraction of sp³-hybridized carbons (Fsp3) is 0.292. The minimum absolute atomic E-state index is 0.00474. The highest BCUT2D eigenvalue weighted by Crippen LogP contribution is 2.30. The third kappa shape index (κ3) is 4.27. The summed E-state index contributed by atoms with van der Waals surface area (Å²) in [5.74, 6) is 0.404. The molecular weight excluding hydrogens is 470 g/mol. The number of aromatic amines is 1. The van der Waals surface area contributed by atoms with E-state index in [0.29, 0.717) is 17.9 Å².